The number of hydroxylamine groups is 2. The van der Waals surface area contributed by atoms with Crippen molar-refractivity contribution < 1.29 is 38.2 Å². The highest BCUT2D eigenvalue weighted by Gasteiger charge is 2.37. The minimum Gasteiger partial charge on any atom is -0.428 e. The number of amides is 2. The predicted molar refractivity (Wildman–Crippen MR) is 99.3 cm³/mol. The molecule has 0 aliphatic carbocycles. The molecule has 1 aliphatic rings. The standard InChI is InChI=1S/C20H25NO8/c1-4-20(5-2,13-26-3)18(24)28-15-8-6-14(7-9-15)12-27-19(25)29-21-16(22)10-11-17(21)23/h6-9H,4-5,10-13H2,1-3H3. The highest BCUT2D eigenvalue weighted by Crippen LogP contribution is 2.29. The zero-order valence-electron chi connectivity index (χ0n) is 16.8. The smallest absolute Gasteiger partial charge is 0.428 e. The van der Waals surface area contributed by atoms with Crippen molar-refractivity contribution in [2.75, 3.05) is 13.7 Å². The van der Waals surface area contributed by atoms with E-state index in [9.17, 15) is 19.2 Å². The van der Waals surface area contributed by atoms with E-state index in [-0.39, 0.29) is 32.0 Å². The van der Waals surface area contributed by atoms with Crippen molar-refractivity contribution in [3.05, 3.63) is 29.8 Å². The third-order valence-corrected chi connectivity index (χ3v) is 4.87. The Hall–Kier alpha value is -2.94. The van der Waals surface area contributed by atoms with E-state index in [1.54, 1.807) is 31.4 Å². The minimum atomic E-state index is -1.15. The lowest BCUT2D eigenvalue weighted by atomic mass is 9.83. The van der Waals surface area contributed by atoms with Crippen LogP contribution in [0.1, 0.15) is 45.1 Å². The molecule has 9 nitrogen and oxygen atoms in total. The van der Waals surface area contributed by atoms with Crippen molar-refractivity contribution in [3.63, 3.8) is 0 Å². The molecule has 0 bridgehead atoms. The Balaban J connectivity index is 1.88. The van der Waals surface area contributed by atoms with Gasteiger partial charge in [0.1, 0.15) is 12.4 Å². The summed E-state index contributed by atoms with van der Waals surface area (Å²) in [5, 5.41) is 0.415. The van der Waals surface area contributed by atoms with Crippen molar-refractivity contribution in [2.45, 2.75) is 46.1 Å². The van der Waals surface area contributed by atoms with Crippen molar-refractivity contribution in [3.8, 4) is 5.75 Å². The second-order valence-corrected chi connectivity index (χ2v) is 6.67. The lowest BCUT2D eigenvalue weighted by Gasteiger charge is -2.28. The summed E-state index contributed by atoms with van der Waals surface area (Å²) in [6.07, 6.45) is 0.0416. The Morgan fingerprint density at radius 3 is 2.14 bits per heavy atom. The van der Waals surface area contributed by atoms with Gasteiger partial charge in [-0.3, -0.25) is 19.2 Å². The summed E-state index contributed by atoms with van der Waals surface area (Å²) >= 11 is 0. The van der Waals surface area contributed by atoms with Crippen LogP contribution in [-0.4, -0.2) is 42.7 Å². The van der Waals surface area contributed by atoms with Crippen LogP contribution in [0, 0.1) is 5.41 Å². The topological polar surface area (TPSA) is 108 Å². The first-order valence-corrected chi connectivity index (χ1v) is 9.36. The number of rotatable bonds is 9. The molecule has 158 valence electrons. The van der Waals surface area contributed by atoms with Gasteiger partial charge in [0.2, 0.25) is 0 Å². The van der Waals surface area contributed by atoms with Gasteiger partial charge < -0.3 is 14.2 Å². The molecule has 9 heteroatoms. The van der Waals surface area contributed by atoms with Gasteiger partial charge in [-0.05, 0) is 30.5 Å². The Kier molecular flexibility index (Phi) is 7.72. The lowest BCUT2D eigenvalue weighted by molar-refractivity contribution is -0.177. The second kappa shape index (κ2) is 10.0. The van der Waals surface area contributed by atoms with Crippen molar-refractivity contribution in [1.82, 2.24) is 5.06 Å². The van der Waals surface area contributed by atoms with Gasteiger partial charge in [0.05, 0.1) is 12.0 Å². The zero-order valence-corrected chi connectivity index (χ0v) is 16.8. The number of hydrogen-bond acceptors (Lipinski definition) is 8. The fourth-order valence-electron chi connectivity index (χ4n) is 2.85. The molecule has 1 aliphatic heterocycles. The molecule has 1 heterocycles. The quantitative estimate of drug-likeness (QED) is 0.349. The Labute approximate surface area is 168 Å². The Bertz CT molecular complexity index is 738. The number of carbonyl (C=O) groups excluding carboxylic acids is 4. The summed E-state index contributed by atoms with van der Waals surface area (Å²) < 4.78 is 15.5. The summed E-state index contributed by atoms with van der Waals surface area (Å²) in [5.74, 6) is -1.17. The fraction of sp³-hybridized carbons (Fsp3) is 0.500. The van der Waals surface area contributed by atoms with Crippen LogP contribution >= 0.6 is 0 Å². The average molecular weight is 407 g/mol. The minimum absolute atomic E-state index is 0.00796. The highest BCUT2D eigenvalue weighted by molar-refractivity contribution is 6.01. The van der Waals surface area contributed by atoms with Crippen molar-refractivity contribution in [2.24, 2.45) is 5.41 Å². The van der Waals surface area contributed by atoms with Crippen molar-refractivity contribution in [1.29, 1.82) is 0 Å². The molecule has 2 rings (SSSR count). The van der Waals surface area contributed by atoms with Crippen LogP contribution in [0.25, 0.3) is 0 Å². The van der Waals surface area contributed by atoms with Crippen LogP contribution in [0.3, 0.4) is 0 Å². The van der Waals surface area contributed by atoms with Gasteiger partial charge in [-0.2, -0.15) is 0 Å². The number of carbonyl (C=O) groups is 4. The van der Waals surface area contributed by atoms with Crippen LogP contribution in [0.15, 0.2) is 24.3 Å². The number of methoxy groups -OCH3 is 1. The van der Waals surface area contributed by atoms with Gasteiger partial charge >= 0.3 is 12.1 Å². The van der Waals surface area contributed by atoms with Crippen LogP contribution < -0.4 is 4.74 Å². The maximum Gasteiger partial charge on any atom is 0.534 e. The van der Waals surface area contributed by atoms with E-state index in [0.717, 1.165) is 0 Å². The first-order chi connectivity index (χ1) is 13.8. The van der Waals surface area contributed by atoms with E-state index in [0.29, 0.717) is 29.2 Å². The number of benzene rings is 1. The first-order valence-electron chi connectivity index (χ1n) is 9.36. The highest BCUT2D eigenvalue weighted by atomic mass is 16.8. The van der Waals surface area contributed by atoms with E-state index in [2.05, 4.69) is 4.84 Å². The van der Waals surface area contributed by atoms with Gasteiger partial charge in [-0.1, -0.05) is 31.0 Å². The van der Waals surface area contributed by atoms with E-state index in [1.165, 1.54) is 0 Å². The van der Waals surface area contributed by atoms with Crippen LogP contribution in [0.5, 0.6) is 5.75 Å². The molecule has 0 unspecified atom stereocenters. The largest absolute Gasteiger partial charge is 0.534 e. The molecule has 0 radical (unpaired) electrons. The van der Waals surface area contributed by atoms with Gasteiger partial charge in [0, 0.05) is 20.0 Å². The van der Waals surface area contributed by atoms with E-state index in [1.807, 2.05) is 13.8 Å². The zero-order chi connectivity index (χ0) is 21.4. The molecule has 0 saturated carbocycles. The number of imide groups is 1. The molecular weight excluding hydrogens is 382 g/mol. The van der Waals surface area contributed by atoms with Gasteiger partial charge in [0.25, 0.3) is 11.8 Å². The van der Waals surface area contributed by atoms with Gasteiger partial charge in [-0.25, -0.2) is 4.79 Å². The number of hydrogen-bond donors (Lipinski definition) is 0. The molecule has 0 spiro atoms. The second-order valence-electron chi connectivity index (χ2n) is 6.67. The van der Waals surface area contributed by atoms with Crippen LogP contribution in [0.2, 0.25) is 0 Å². The molecule has 2 amide bonds. The summed E-state index contributed by atoms with van der Waals surface area (Å²) in [6.45, 7) is 3.95. The molecule has 0 N–H and O–H groups in total. The SMILES string of the molecule is CCC(CC)(COC)C(=O)Oc1ccc(COC(=O)ON2C(=O)CCC2=O)cc1. The van der Waals surface area contributed by atoms with E-state index < -0.39 is 23.4 Å². The Morgan fingerprint density at radius 1 is 1.03 bits per heavy atom. The molecule has 0 atom stereocenters. The van der Waals surface area contributed by atoms with E-state index in [4.69, 9.17) is 14.2 Å². The summed E-state index contributed by atoms with van der Waals surface area (Å²) in [7, 11) is 1.54. The molecule has 0 aromatic heterocycles. The lowest BCUT2D eigenvalue weighted by Crippen LogP contribution is -2.38. The molecular formula is C20H25NO8. The van der Waals surface area contributed by atoms with Gasteiger partial charge in [0.15, 0.2) is 0 Å². The third-order valence-electron chi connectivity index (χ3n) is 4.87. The third kappa shape index (κ3) is 5.54. The average Bonchev–Trinajstić information content (AvgIpc) is 3.03. The maximum atomic E-state index is 12.6. The molecule has 1 fully saturated rings. The summed E-state index contributed by atoms with van der Waals surface area (Å²) in [6, 6.07) is 6.41. The summed E-state index contributed by atoms with van der Waals surface area (Å²) in [5.41, 5.74) is -0.0972. The Morgan fingerprint density at radius 2 is 1.62 bits per heavy atom. The van der Waals surface area contributed by atoms with Crippen LogP contribution in [-0.2, 0) is 35.3 Å². The fourth-order valence-corrected chi connectivity index (χ4v) is 2.85. The molecule has 1 aromatic carbocycles. The van der Waals surface area contributed by atoms with Crippen LogP contribution in [0.4, 0.5) is 4.79 Å². The normalized spacial score (nSPS) is 14.1. The number of esters is 1. The van der Waals surface area contributed by atoms with Crippen molar-refractivity contribution >= 4 is 23.9 Å². The molecule has 29 heavy (non-hydrogen) atoms. The maximum absolute atomic E-state index is 12.6. The van der Waals surface area contributed by atoms with E-state index >= 15 is 0 Å². The summed E-state index contributed by atoms with van der Waals surface area (Å²) in [4.78, 5) is 51.6. The molecule has 1 saturated heterocycles. The first kappa shape index (κ1) is 22.4. The molecule has 1 aromatic rings. The number of nitrogens with zero attached hydrogens (tertiary/aromatic N) is 1. The monoisotopic (exact) mass is 407 g/mol. The number of ether oxygens (including phenoxy) is 3. The predicted octanol–water partition coefficient (Wildman–Crippen LogP) is 2.76. The van der Waals surface area contributed by atoms with Gasteiger partial charge in [-0.15, -0.1) is 0 Å².